The van der Waals surface area contributed by atoms with E-state index in [1.165, 1.54) is 0 Å². The number of imide groups is 1. The largest absolute Gasteiger partial charge is 0.288 e. The molecule has 2 rings (SSSR count). The number of carbonyl (C=O) groups excluding carboxylic acids is 2. The van der Waals surface area contributed by atoms with Crippen LogP contribution >= 0.6 is 0 Å². The molecule has 0 aliphatic carbocycles. The van der Waals surface area contributed by atoms with Crippen LogP contribution in [0.1, 0.15) is 73.4 Å². The number of hydrogen-bond acceptors (Lipinski definition) is 2. The molecule has 1 aliphatic heterocycles. The monoisotopic (exact) mass is 259 g/mol. The van der Waals surface area contributed by atoms with Gasteiger partial charge in [0, 0.05) is 0 Å². The van der Waals surface area contributed by atoms with Crippen LogP contribution in [0.5, 0.6) is 0 Å². The molecule has 1 aliphatic rings. The van der Waals surface area contributed by atoms with Gasteiger partial charge in [-0.1, -0.05) is 47.6 Å². The topological polar surface area (TPSA) is 46.2 Å². The van der Waals surface area contributed by atoms with Gasteiger partial charge in [-0.2, -0.15) is 0 Å². The van der Waals surface area contributed by atoms with Crippen LogP contribution in [0.4, 0.5) is 0 Å². The van der Waals surface area contributed by atoms with Crippen molar-refractivity contribution in [1.82, 2.24) is 5.32 Å². The Morgan fingerprint density at radius 3 is 1.89 bits per heavy atom. The molecule has 3 nitrogen and oxygen atoms in total. The van der Waals surface area contributed by atoms with Crippen molar-refractivity contribution >= 4 is 11.8 Å². The van der Waals surface area contributed by atoms with Crippen LogP contribution in [0.25, 0.3) is 0 Å². The van der Waals surface area contributed by atoms with Crippen LogP contribution in [0.15, 0.2) is 12.1 Å². The van der Waals surface area contributed by atoms with Crippen molar-refractivity contribution in [2.75, 3.05) is 0 Å². The number of fused-ring (bicyclic) bond motifs is 1. The van der Waals surface area contributed by atoms with Gasteiger partial charge < -0.3 is 0 Å². The highest BCUT2D eigenvalue weighted by molar-refractivity contribution is 6.22. The van der Waals surface area contributed by atoms with Gasteiger partial charge in [0.1, 0.15) is 0 Å². The van der Waals surface area contributed by atoms with Crippen LogP contribution in [-0.2, 0) is 10.8 Å². The van der Waals surface area contributed by atoms with Crippen LogP contribution in [0.2, 0.25) is 0 Å². The van der Waals surface area contributed by atoms with E-state index in [1.54, 1.807) is 6.07 Å². The Kier molecular flexibility index (Phi) is 2.85. The fourth-order valence-electron chi connectivity index (χ4n) is 2.66. The molecule has 19 heavy (non-hydrogen) atoms. The first-order chi connectivity index (χ1) is 8.53. The van der Waals surface area contributed by atoms with Gasteiger partial charge in [0.25, 0.3) is 11.8 Å². The van der Waals surface area contributed by atoms with Crippen molar-refractivity contribution in [2.45, 2.75) is 52.4 Å². The zero-order valence-electron chi connectivity index (χ0n) is 12.5. The second-order valence-corrected chi connectivity index (χ2v) is 7.19. The summed E-state index contributed by atoms with van der Waals surface area (Å²) in [6.45, 7) is 12.6. The summed E-state index contributed by atoms with van der Waals surface area (Å²) < 4.78 is 0. The van der Waals surface area contributed by atoms with E-state index in [-0.39, 0.29) is 22.6 Å². The summed E-state index contributed by atoms with van der Waals surface area (Å²) in [6, 6.07) is 3.75. The highest BCUT2D eigenvalue weighted by Gasteiger charge is 2.36. The Morgan fingerprint density at radius 1 is 0.842 bits per heavy atom. The summed E-state index contributed by atoms with van der Waals surface area (Å²) in [6.07, 6.45) is 0. The van der Waals surface area contributed by atoms with E-state index >= 15 is 0 Å². The molecule has 0 fully saturated rings. The van der Waals surface area contributed by atoms with Crippen molar-refractivity contribution in [2.24, 2.45) is 0 Å². The van der Waals surface area contributed by atoms with Gasteiger partial charge in [0.2, 0.25) is 0 Å². The number of benzene rings is 1. The van der Waals surface area contributed by atoms with E-state index in [2.05, 4.69) is 46.9 Å². The summed E-state index contributed by atoms with van der Waals surface area (Å²) in [5.74, 6) is -0.554. The molecule has 1 aromatic carbocycles. The number of amides is 2. The van der Waals surface area contributed by atoms with Gasteiger partial charge in [-0.15, -0.1) is 0 Å². The van der Waals surface area contributed by atoms with Crippen LogP contribution in [0, 0.1) is 0 Å². The average molecular weight is 259 g/mol. The minimum atomic E-state index is -0.286. The molecule has 0 radical (unpaired) electrons. The van der Waals surface area contributed by atoms with E-state index in [1.807, 2.05) is 6.07 Å². The van der Waals surface area contributed by atoms with Gasteiger partial charge in [-0.05, 0) is 28.0 Å². The van der Waals surface area contributed by atoms with Gasteiger partial charge in [0.15, 0.2) is 0 Å². The van der Waals surface area contributed by atoms with Crippen molar-refractivity contribution in [3.8, 4) is 0 Å². The first kappa shape index (κ1) is 13.8. The SMILES string of the molecule is CC(C)(C)c1ccc2c(c1C(C)(C)C)C(=O)NC2=O. The standard InChI is InChI=1S/C16H21NO2/c1-15(2,3)10-8-7-9-11(12(10)16(4,5)6)14(19)17-13(9)18/h7-8H,1-6H3,(H,17,18,19). The van der Waals surface area contributed by atoms with Crippen molar-refractivity contribution < 1.29 is 9.59 Å². The minimum Gasteiger partial charge on any atom is -0.288 e. The van der Waals surface area contributed by atoms with Gasteiger partial charge in [0.05, 0.1) is 11.1 Å². The minimum absolute atomic E-state index is 0.0659. The maximum absolute atomic E-state index is 12.1. The molecule has 1 heterocycles. The predicted octanol–water partition coefficient (Wildman–Crippen LogP) is 3.17. The molecule has 0 unspecified atom stereocenters. The molecule has 0 saturated carbocycles. The molecule has 1 aromatic rings. The van der Waals surface area contributed by atoms with Crippen molar-refractivity contribution in [3.63, 3.8) is 0 Å². The maximum atomic E-state index is 12.1. The van der Waals surface area contributed by atoms with Gasteiger partial charge in [-0.25, -0.2) is 0 Å². The summed E-state index contributed by atoms with van der Waals surface area (Å²) in [4.78, 5) is 23.9. The van der Waals surface area contributed by atoms with Crippen LogP contribution in [0.3, 0.4) is 0 Å². The lowest BCUT2D eigenvalue weighted by molar-refractivity contribution is 0.0879. The molecule has 0 saturated heterocycles. The maximum Gasteiger partial charge on any atom is 0.259 e. The zero-order chi connectivity index (χ0) is 14.6. The summed E-state index contributed by atoms with van der Waals surface area (Å²) in [7, 11) is 0. The number of rotatable bonds is 0. The van der Waals surface area contributed by atoms with Crippen molar-refractivity contribution in [3.05, 3.63) is 34.4 Å². The Bertz CT molecular complexity index is 572. The highest BCUT2D eigenvalue weighted by atomic mass is 16.2. The molecule has 0 aromatic heterocycles. The fourth-order valence-corrected chi connectivity index (χ4v) is 2.66. The molecule has 0 bridgehead atoms. The zero-order valence-corrected chi connectivity index (χ0v) is 12.5. The van der Waals surface area contributed by atoms with E-state index in [9.17, 15) is 9.59 Å². The molecule has 0 spiro atoms. The molecular weight excluding hydrogens is 238 g/mol. The second kappa shape index (κ2) is 3.92. The molecule has 3 heteroatoms. The van der Waals surface area contributed by atoms with Crippen molar-refractivity contribution in [1.29, 1.82) is 0 Å². The highest BCUT2D eigenvalue weighted by Crippen LogP contribution is 2.38. The third-order valence-electron chi connectivity index (χ3n) is 3.46. The normalized spacial score (nSPS) is 15.5. The molecule has 2 amide bonds. The number of carbonyl (C=O) groups is 2. The predicted molar refractivity (Wildman–Crippen MR) is 75.6 cm³/mol. The molecular formula is C16H21NO2. The Hall–Kier alpha value is -1.64. The van der Waals surface area contributed by atoms with Crippen LogP contribution in [-0.4, -0.2) is 11.8 Å². The van der Waals surface area contributed by atoms with E-state index in [4.69, 9.17) is 0 Å². The third kappa shape index (κ3) is 2.18. The first-order valence-electron chi connectivity index (χ1n) is 6.57. The number of nitrogens with one attached hydrogen (secondary N) is 1. The lowest BCUT2D eigenvalue weighted by Gasteiger charge is -2.31. The summed E-state index contributed by atoms with van der Waals surface area (Å²) >= 11 is 0. The van der Waals surface area contributed by atoms with E-state index < -0.39 is 0 Å². The quantitative estimate of drug-likeness (QED) is 0.727. The van der Waals surface area contributed by atoms with Gasteiger partial charge >= 0.3 is 0 Å². The molecule has 0 atom stereocenters. The average Bonchev–Trinajstić information content (AvgIpc) is 2.51. The Morgan fingerprint density at radius 2 is 1.42 bits per heavy atom. The third-order valence-corrected chi connectivity index (χ3v) is 3.46. The smallest absolute Gasteiger partial charge is 0.259 e. The lowest BCUT2D eigenvalue weighted by Crippen LogP contribution is -2.26. The molecule has 102 valence electrons. The number of hydrogen-bond donors (Lipinski definition) is 1. The van der Waals surface area contributed by atoms with E-state index in [0.717, 1.165) is 11.1 Å². The molecule has 1 N–H and O–H groups in total. The summed E-state index contributed by atoms with van der Waals surface area (Å²) in [5, 5.41) is 2.40. The van der Waals surface area contributed by atoms with E-state index in [0.29, 0.717) is 11.1 Å². The summed E-state index contributed by atoms with van der Waals surface area (Å²) in [5.41, 5.74) is 2.93. The second-order valence-electron chi connectivity index (χ2n) is 7.19. The lowest BCUT2D eigenvalue weighted by atomic mass is 9.72. The Labute approximate surface area is 114 Å². The Balaban J connectivity index is 2.86. The van der Waals surface area contributed by atoms with Crippen LogP contribution < -0.4 is 5.32 Å². The fraction of sp³-hybridized carbons (Fsp3) is 0.500. The first-order valence-corrected chi connectivity index (χ1v) is 6.57. The van der Waals surface area contributed by atoms with Gasteiger partial charge in [-0.3, -0.25) is 14.9 Å².